The summed E-state index contributed by atoms with van der Waals surface area (Å²) in [6, 6.07) is 11.1. The summed E-state index contributed by atoms with van der Waals surface area (Å²) in [6.07, 6.45) is 4.36. The van der Waals surface area contributed by atoms with Crippen molar-refractivity contribution < 1.29 is 23.7 Å². The van der Waals surface area contributed by atoms with Crippen LogP contribution in [-0.4, -0.2) is 67.4 Å². The van der Waals surface area contributed by atoms with Gasteiger partial charge in [-0.15, -0.1) is 0 Å². The monoisotopic (exact) mass is 469 g/mol. The molecule has 1 atom stereocenters. The van der Waals surface area contributed by atoms with Crippen molar-refractivity contribution in [3.63, 3.8) is 0 Å². The molecule has 0 N–H and O–H groups in total. The molecule has 1 saturated heterocycles. The first-order chi connectivity index (χ1) is 16.1. The quantitative estimate of drug-likeness (QED) is 0.489. The fourth-order valence-electron chi connectivity index (χ4n) is 3.59. The molecule has 4 rings (SSSR count). The summed E-state index contributed by atoms with van der Waals surface area (Å²) >= 11 is 6.40. The second kappa shape index (κ2) is 10.5. The number of halogens is 1. The lowest BCUT2D eigenvalue weighted by atomic mass is 10.1. The molecule has 3 aromatic rings. The number of para-hydroxylation sites is 1. The molecule has 2 aromatic carbocycles. The number of fused-ring (bicyclic) bond motifs is 1. The Kier molecular flexibility index (Phi) is 7.26. The van der Waals surface area contributed by atoms with Crippen molar-refractivity contribution in [2.45, 2.75) is 6.10 Å². The molecule has 9 heteroatoms. The summed E-state index contributed by atoms with van der Waals surface area (Å²) < 4.78 is 22.2. The van der Waals surface area contributed by atoms with Crippen LogP contribution in [0.2, 0.25) is 5.02 Å². The van der Waals surface area contributed by atoms with E-state index >= 15 is 0 Å². The summed E-state index contributed by atoms with van der Waals surface area (Å²) in [5.74, 6) is 1.31. The Balaban J connectivity index is 1.39. The summed E-state index contributed by atoms with van der Waals surface area (Å²) in [5.41, 5.74) is 1.47. The van der Waals surface area contributed by atoms with Gasteiger partial charge < -0.3 is 23.8 Å². The molecule has 1 unspecified atom stereocenters. The first kappa shape index (κ1) is 22.8. The smallest absolute Gasteiger partial charge is 0.246 e. The van der Waals surface area contributed by atoms with Gasteiger partial charge in [0, 0.05) is 12.6 Å². The highest BCUT2D eigenvalue weighted by molar-refractivity contribution is 6.33. The van der Waals surface area contributed by atoms with E-state index < -0.39 is 0 Å². The summed E-state index contributed by atoms with van der Waals surface area (Å²) in [7, 11) is 3.06. The number of methoxy groups -OCH3 is 2. The zero-order valence-electron chi connectivity index (χ0n) is 18.4. The molecular formula is C24H24ClN3O5. The number of rotatable bonds is 7. The van der Waals surface area contributed by atoms with Crippen LogP contribution >= 0.6 is 11.6 Å². The zero-order chi connectivity index (χ0) is 23.2. The van der Waals surface area contributed by atoms with Crippen molar-refractivity contribution in [3.05, 3.63) is 59.4 Å². The van der Waals surface area contributed by atoms with Gasteiger partial charge >= 0.3 is 0 Å². The summed E-state index contributed by atoms with van der Waals surface area (Å²) in [4.78, 5) is 23.0. The lowest BCUT2D eigenvalue weighted by Crippen LogP contribution is -2.47. The molecular weight excluding hydrogens is 446 g/mol. The Morgan fingerprint density at radius 1 is 1.21 bits per heavy atom. The number of hydrogen-bond donors (Lipinski definition) is 0. The fraction of sp³-hybridized carbons (Fsp3) is 0.292. The predicted molar refractivity (Wildman–Crippen MR) is 125 cm³/mol. The minimum atomic E-state index is -0.269. The van der Waals surface area contributed by atoms with Gasteiger partial charge in [-0.05, 0) is 35.9 Å². The molecule has 1 aromatic heterocycles. The van der Waals surface area contributed by atoms with E-state index in [-0.39, 0.29) is 18.6 Å². The van der Waals surface area contributed by atoms with E-state index in [1.54, 1.807) is 30.2 Å². The number of morpholine rings is 1. The maximum absolute atomic E-state index is 12.8. The van der Waals surface area contributed by atoms with Crippen LogP contribution in [0.4, 0.5) is 0 Å². The number of nitrogens with zero attached hydrogens (tertiary/aromatic N) is 3. The molecule has 0 aliphatic carbocycles. The normalized spacial score (nSPS) is 16.2. The number of amides is 1. The molecule has 8 nitrogen and oxygen atoms in total. The SMILES string of the molecule is COc1ccc(/C=C/C(=O)N2CCOC(COc3ncnc4ccccc34)C2)c(Cl)c1OC. The Hall–Kier alpha value is -3.36. The second-order valence-electron chi connectivity index (χ2n) is 7.32. The number of carbonyl (C=O) groups excluding carboxylic acids is 1. The third-order valence-corrected chi connectivity index (χ3v) is 5.67. The highest BCUT2D eigenvalue weighted by Gasteiger charge is 2.24. The topological polar surface area (TPSA) is 83.0 Å². The van der Waals surface area contributed by atoms with Crippen LogP contribution in [0.5, 0.6) is 17.4 Å². The minimum Gasteiger partial charge on any atom is -0.493 e. The van der Waals surface area contributed by atoms with Gasteiger partial charge in [0.15, 0.2) is 11.5 Å². The number of benzene rings is 2. The second-order valence-corrected chi connectivity index (χ2v) is 7.70. The largest absolute Gasteiger partial charge is 0.493 e. The molecule has 0 spiro atoms. The first-order valence-electron chi connectivity index (χ1n) is 10.4. The van der Waals surface area contributed by atoms with E-state index in [4.69, 9.17) is 30.5 Å². The molecule has 1 aliphatic rings. The van der Waals surface area contributed by atoms with Gasteiger partial charge in [0.25, 0.3) is 0 Å². The van der Waals surface area contributed by atoms with Crippen molar-refractivity contribution in [1.29, 1.82) is 0 Å². The lowest BCUT2D eigenvalue weighted by Gasteiger charge is -2.32. The van der Waals surface area contributed by atoms with Crippen molar-refractivity contribution in [2.75, 3.05) is 40.5 Å². The van der Waals surface area contributed by atoms with Crippen LogP contribution in [0.3, 0.4) is 0 Å². The maximum Gasteiger partial charge on any atom is 0.246 e. The molecule has 0 bridgehead atoms. The van der Waals surface area contributed by atoms with Gasteiger partial charge in [0.1, 0.15) is 19.0 Å². The highest BCUT2D eigenvalue weighted by atomic mass is 35.5. The predicted octanol–water partition coefficient (Wildman–Crippen LogP) is 3.62. The molecule has 2 heterocycles. The van der Waals surface area contributed by atoms with Crippen molar-refractivity contribution in [2.24, 2.45) is 0 Å². The van der Waals surface area contributed by atoms with Crippen LogP contribution in [0, 0.1) is 0 Å². The van der Waals surface area contributed by atoms with Gasteiger partial charge in [-0.25, -0.2) is 9.97 Å². The van der Waals surface area contributed by atoms with E-state index in [0.29, 0.717) is 47.7 Å². The van der Waals surface area contributed by atoms with Crippen molar-refractivity contribution in [3.8, 4) is 17.4 Å². The average molecular weight is 470 g/mol. The van der Waals surface area contributed by atoms with Crippen molar-refractivity contribution in [1.82, 2.24) is 14.9 Å². The molecule has 33 heavy (non-hydrogen) atoms. The van der Waals surface area contributed by atoms with Gasteiger partial charge in [-0.2, -0.15) is 0 Å². The van der Waals surface area contributed by atoms with Crippen LogP contribution in [0.1, 0.15) is 5.56 Å². The zero-order valence-corrected chi connectivity index (χ0v) is 19.1. The minimum absolute atomic E-state index is 0.137. The molecule has 0 saturated carbocycles. The molecule has 1 amide bonds. The Labute approximate surface area is 196 Å². The standard InChI is InChI=1S/C24H24ClN3O5/c1-30-20-9-7-16(22(25)23(20)31-2)8-10-21(29)28-11-12-32-17(13-28)14-33-24-18-5-3-4-6-19(18)26-15-27-24/h3-10,15,17H,11-14H2,1-2H3/b10-8+. The number of ether oxygens (including phenoxy) is 4. The van der Waals surface area contributed by atoms with Gasteiger partial charge in [-0.3, -0.25) is 4.79 Å². The van der Waals surface area contributed by atoms with E-state index in [9.17, 15) is 4.79 Å². The highest BCUT2D eigenvalue weighted by Crippen LogP contribution is 2.37. The lowest BCUT2D eigenvalue weighted by molar-refractivity contribution is -0.134. The van der Waals surface area contributed by atoms with Gasteiger partial charge in [-0.1, -0.05) is 23.7 Å². The third-order valence-electron chi connectivity index (χ3n) is 5.28. The van der Waals surface area contributed by atoms with Crippen LogP contribution < -0.4 is 14.2 Å². The van der Waals surface area contributed by atoms with E-state index in [1.165, 1.54) is 19.5 Å². The number of hydrogen-bond acceptors (Lipinski definition) is 7. The van der Waals surface area contributed by atoms with E-state index in [0.717, 1.165) is 10.9 Å². The fourth-order valence-corrected chi connectivity index (χ4v) is 3.88. The Morgan fingerprint density at radius 2 is 2.06 bits per heavy atom. The van der Waals surface area contributed by atoms with E-state index in [1.807, 2.05) is 24.3 Å². The third kappa shape index (κ3) is 5.18. The molecule has 1 aliphatic heterocycles. The average Bonchev–Trinajstić information content (AvgIpc) is 2.86. The summed E-state index contributed by atoms with van der Waals surface area (Å²) in [6.45, 7) is 1.60. The number of aromatic nitrogens is 2. The van der Waals surface area contributed by atoms with Crippen LogP contribution in [-0.2, 0) is 9.53 Å². The van der Waals surface area contributed by atoms with Gasteiger partial charge in [0.05, 0.1) is 43.3 Å². The number of carbonyl (C=O) groups is 1. The first-order valence-corrected chi connectivity index (χ1v) is 10.8. The van der Waals surface area contributed by atoms with Gasteiger partial charge in [0.2, 0.25) is 11.8 Å². The van der Waals surface area contributed by atoms with Crippen molar-refractivity contribution >= 4 is 34.5 Å². The maximum atomic E-state index is 12.8. The molecule has 172 valence electrons. The molecule has 0 radical (unpaired) electrons. The summed E-state index contributed by atoms with van der Waals surface area (Å²) in [5, 5.41) is 1.21. The van der Waals surface area contributed by atoms with E-state index in [2.05, 4.69) is 9.97 Å². The Morgan fingerprint density at radius 3 is 2.88 bits per heavy atom. The van der Waals surface area contributed by atoms with Crippen LogP contribution in [0.15, 0.2) is 48.8 Å². The Bertz CT molecular complexity index is 1160. The molecule has 1 fully saturated rings. The van der Waals surface area contributed by atoms with Crippen LogP contribution in [0.25, 0.3) is 17.0 Å².